The second-order valence-corrected chi connectivity index (χ2v) is 2.57. The summed E-state index contributed by atoms with van der Waals surface area (Å²) in [5.74, 6) is -0.773. The van der Waals surface area contributed by atoms with Crippen molar-refractivity contribution in [3.05, 3.63) is 35.9 Å². The smallest absolute Gasteiger partial charge is 0.433 e. The van der Waals surface area contributed by atoms with E-state index in [1.807, 2.05) is 0 Å². The third-order valence-corrected chi connectivity index (χ3v) is 1.48. The zero-order valence-corrected chi connectivity index (χ0v) is 8.54. The van der Waals surface area contributed by atoms with Gasteiger partial charge in [0, 0.05) is 0 Å². The Bertz CT molecular complexity index is 348. The summed E-state index contributed by atoms with van der Waals surface area (Å²) in [6.07, 6.45) is -1.08. The molecule has 0 heterocycles. The highest BCUT2D eigenvalue weighted by Crippen LogP contribution is 2.01. The maximum absolute atomic E-state index is 11.2. The van der Waals surface area contributed by atoms with Crippen molar-refractivity contribution in [1.29, 1.82) is 0 Å². The number of carbonyl (C=O) groups is 2. The van der Waals surface area contributed by atoms with Crippen molar-refractivity contribution in [2.24, 2.45) is 0 Å². The lowest BCUT2D eigenvalue weighted by Crippen LogP contribution is -2.11. The van der Waals surface area contributed by atoms with Gasteiger partial charge in [0.15, 0.2) is 0 Å². The minimum atomic E-state index is -1.08. The predicted octanol–water partition coefficient (Wildman–Crippen LogP) is 1.86. The molecule has 6 heteroatoms. The molecule has 0 amide bonds. The monoisotopic (exact) mass is 226 g/mol. The summed E-state index contributed by atoms with van der Waals surface area (Å²) in [5, 5.41) is 3.94. The molecule has 0 aliphatic heterocycles. The largest absolute Gasteiger partial charge is 0.543 e. The molecule has 0 saturated carbocycles. The predicted molar refractivity (Wildman–Crippen MR) is 51.0 cm³/mol. The van der Waals surface area contributed by atoms with Crippen LogP contribution in [-0.4, -0.2) is 18.7 Å². The molecule has 0 fully saturated rings. The first-order valence-corrected chi connectivity index (χ1v) is 4.51. The highest BCUT2D eigenvalue weighted by molar-refractivity contribution is 5.88. The summed E-state index contributed by atoms with van der Waals surface area (Å²) in [4.78, 5) is 30.0. The highest BCUT2D eigenvalue weighted by atomic mass is 17.5. The van der Waals surface area contributed by atoms with Gasteiger partial charge in [-0.2, -0.15) is 0 Å². The van der Waals surface area contributed by atoms with Gasteiger partial charge < -0.3 is 4.74 Å². The van der Waals surface area contributed by atoms with Gasteiger partial charge in [0.1, 0.15) is 0 Å². The normalized spacial score (nSPS) is 9.31. The van der Waals surface area contributed by atoms with Crippen LogP contribution < -0.4 is 0 Å². The first-order chi connectivity index (χ1) is 7.74. The molecule has 0 atom stereocenters. The second-order valence-electron chi connectivity index (χ2n) is 2.57. The van der Waals surface area contributed by atoms with Gasteiger partial charge >= 0.3 is 12.1 Å². The van der Waals surface area contributed by atoms with Crippen LogP contribution in [0.15, 0.2) is 30.3 Å². The molecule has 0 aliphatic rings. The zero-order valence-electron chi connectivity index (χ0n) is 8.54. The van der Waals surface area contributed by atoms with E-state index in [1.54, 1.807) is 25.1 Å². The van der Waals surface area contributed by atoms with Crippen molar-refractivity contribution in [2.45, 2.75) is 6.92 Å². The molecule has 16 heavy (non-hydrogen) atoms. The van der Waals surface area contributed by atoms with E-state index < -0.39 is 12.1 Å². The van der Waals surface area contributed by atoms with Gasteiger partial charge in [0.05, 0.1) is 17.2 Å². The van der Waals surface area contributed by atoms with Crippen molar-refractivity contribution in [3.8, 4) is 0 Å². The van der Waals surface area contributed by atoms with Crippen molar-refractivity contribution >= 4 is 12.1 Å². The van der Waals surface area contributed by atoms with E-state index in [0.29, 0.717) is 0 Å². The third-order valence-electron chi connectivity index (χ3n) is 1.48. The Hall–Kier alpha value is -2.08. The van der Waals surface area contributed by atoms with Crippen LogP contribution in [0.25, 0.3) is 0 Å². The summed E-state index contributed by atoms with van der Waals surface area (Å²) in [6.45, 7) is 1.73. The second kappa shape index (κ2) is 6.41. The lowest BCUT2D eigenvalue weighted by molar-refractivity contribution is -0.452. The van der Waals surface area contributed by atoms with E-state index >= 15 is 0 Å². The lowest BCUT2D eigenvalue weighted by atomic mass is 10.2. The molecule has 0 saturated heterocycles. The molecule has 0 N–H and O–H groups in total. The van der Waals surface area contributed by atoms with E-state index in [-0.39, 0.29) is 12.2 Å². The summed E-state index contributed by atoms with van der Waals surface area (Å²) in [6, 6.07) is 8.10. The van der Waals surface area contributed by atoms with Crippen LogP contribution >= 0.6 is 0 Å². The van der Waals surface area contributed by atoms with Crippen molar-refractivity contribution < 1.29 is 29.1 Å². The topological polar surface area (TPSA) is 71.1 Å². The average molecular weight is 226 g/mol. The molecule has 0 aromatic heterocycles. The van der Waals surface area contributed by atoms with E-state index in [2.05, 4.69) is 19.6 Å². The van der Waals surface area contributed by atoms with Crippen molar-refractivity contribution in [1.82, 2.24) is 0 Å². The Morgan fingerprint density at radius 3 is 2.44 bits per heavy atom. The van der Waals surface area contributed by atoms with E-state index in [9.17, 15) is 9.59 Å². The fraction of sp³-hybridized carbons (Fsp3) is 0.200. The molecule has 1 rings (SSSR count). The minimum absolute atomic E-state index is 0.134. The number of ether oxygens (including phenoxy) is 1. The molecular formula is C10H10O6. The van der Waals surface area contributed by atoms with E-state index in [4.69, 9.17) is 0 Å². The molecule has 0 unspecified atom stereocenters. The molecule has 0 spiro atoms. The van der Waals surface area contributed by atoms with Crippen LogP contribution in [0.2, 0.25) is 0 Å². The quantitative estimate of drug-likeness (QED) is 0.443. The SMILES string of the molecule is CCOC(=O)OOOC(=O)c1ccccc1. The van der Waals surface area contributed by atoms with E-state index in [1.165, 1.54) is 12.1 Å². The molecule has 1 aromatic rings. The van der Waals surface area contributed by atoms with Crippen LogP contribution in [0, 0.1) is 0 Å². The third kappa shape index (κ3) is 3.97. The molecule has 86 valence electrons. The van der Waals surface area contributed by atoms with Gasteiger partial charge in [-0.1, -0.05) is 18.2 Å². The number of hydrogen-bond acceptors (Lipinski definition) is 6. The first-order valence-electron chi connectivity index (χ1n) is 4.51. The van der Waals surface area contributed by atoms with Crippen LogP contribution in [0.3, 0.4) is 0 Å². The van der Waals surface area contributed by atoms with Crippen LogP contribution in [0.1, 0.15) is 17.3 Å². The molecule has 1 aromatic carbocycles. The average Bonchev–Trinajstić information content (AvgIpc) is 2.30. The molecule has 6 nitrogen and oxygen atoms in total. The van der Waals surface area contributed by atoms with Gasteiger partial charge in [-0.15, -0.1) is 0 Å². The summed E-state index contributed by atoms with van der Waals surface area (Å²) in [7, 11) is 0. The fourth-order valence-electron chi connectivity index (χ4n) is 0.840. The molecule has 0 bridgehead atoms. The van der Waals surface area contributed by atoms with E-state index in [0.717, 1.165) is 0 Å². The van der Waals surface area contributed by atoms with Crippen molar-refractivity contribution in [2.75, 3.05) is 6.61 Å². The number of hydrogen-bond donors (Lipinski definition) is 0. The summed E-state index contributed by atoms with van der Waals surface area (Å²) >= 11 is 0. The fourth-order valence-corrected chi connectivity index (χ4v) is 0.840. The maximum Gasteiger partial charge on any atom is 0.543 e. The molecule has 0 aliphatic carbocycles. The van der Waals surface area contributed by atoms with Gasteiger partial charge in [-0.05, 0) is 19.1 Å². The summed E-state index contributed by atoms with van der Waals surface area (Å²) in [5.41, 5.74) is 0.273. The minimum Gasteiger partial charge on any atom is -0.433 e. The number of rotatable bonds is 4. The highest BCUT2D eigenvalue weighted by Gasteiger charge is 2.10. The van der Waals surface area contributed by atoms with Crippen LogP contribution in [-0.2, 0) is 19.6 Å². The first kappa shape index (κ1) is 12.0. The summed E-state index contributed by atoms with van der Waals surface area (Å²) < 4.78 is 4.35. The number of carbonyl (C=O) groups excluding carboxylic acids is 2. The standard InChI is InChI=1S/C10H10O6/c1-2-13-10(12)15-16-14-9(11)8-6-4-3-5-7-8/h3-7H,2H2,1H3. The Morgan fingerprint density at radius 1 is 1.12 bits per heavy atom. The van der Waals surface area contributed by atoms with Crippen LogP contribution in [0.5, 0.6) is 0 Å². The Balaban J connectivity index is 2.29. The molecule has 0 radical (unpaired) electrons. The van der Waals surface area contributed by atoms with Gasteiger partial charge in [0.25, 0.3) is 0 Å². The Morgan fingerprint density at radius 2 is 1.81 bits per heavy atom. The van der Waals surface area contributed by atoms with Gasteiger partial charge in [-0.3, -0.25) is 4.89 Å². The van der Waals surface area contributed by atoms with Crippen molar-refractivity contribution in [3.63, 3.8) is 0 Å². The molecular weight excluding hydrogens is 216 g/mol. The number of benzene rings is 1. The van der Waals surface area contributed by atoms with Gasteiger partial charge in [0.2, 0.25) is 0 Å². The Kier molecular flexibility index (Phi) is 4.81. The maximum atomic E-state index is 11.2. The Labute approximate surface area is 91.5 Å². The van der Waals surface area contributed by atoms with Gasteiger partial charge in [-0.25, -0.2) is 14.5 Å². The lowest BCUT2D eigenvalue weighted by Gasteiger charge is -2.01. The van der Waals surface area contributed by atoms with Crippen LogP contribution in [0.4, 0.5) is 4.79 Å². The zero-order chi connectivity index (χ0) is 11.8.